The monoisotopic (exact) mass is 534 g/mol. The lowest BCUT2D eigenvalue weighted by molar-refractivity contribution is -0.167. The Labute approximate surface area is 206 Å². The van der Waals surface area contributed by atoms with Crippen molar-refractivity contribution in [3.63, 3.8) is 0 Å². The average molecular weight is 535 g/mol. The Morgan fingerprint density at radius 1 is 1.20 bits per heavy atom. The highest BCUT2D eigenvalue weighted by molar-refractivity contribution is 8.00. The summed E-state index contributed by atoms with van der Waals surface area (Å²) in [5.74, 6) is -3.90. The van der Waals surface area contributed by atoms with Gasteiger partial charge in [0.1, 0.15) is 5.25 Å². The molecule has 5 amide bonds. The number of likely N-dealkylation sites (tertiary alicyclic amines) is 1. The summed E-state index contributed by atoms with van der Waals surface area (Å²) < 4.78 is 34.2. The molecule has 0 aromatic heterocycles. The highest BCUT2D eigenvalue weighted by atomic mass is 32.2. The standard InChI is InChI=1S/C20H30N4O9S2/c1-2-5-13(35(31,32)33)20(18(28)29,24-15(26)8-9-16(24)27)23-14(25)7-4-3-6-12-17-11(10-34-12)21-19(30)22-17/h11-13,17H,2-10H2,1H3,(H,23,25)(H,28,29)(H2,21,22,30)(H,31,32,33)/t11-,12-,13?,17-,20?/m0/s1. The Morgan fingerprint density at radius 3 is 2.43 bits per heavy atom. The molecule has 0 saturated carbocycles. The number of imide groups is 1. The summed E-state index contributed by atoms with van der Waals surface area (Å²) in [4.78, 5) is 61.9. The van der Waals surface area contributed by atoms with Gasteiger partial charge in [0.05, 0.1) is 12.1 Å². The molecule has 2 unspecified atom stereocenters. The number of carbonyl (C=O) groups is 5. The van der Waals surface area contributed by atoms with Crippen LogP contribution in [0.25, 0.3) is 0 Å². The molecule has 5 N–H and O–H groups in total. The van der Waals surface area contributed by atoms with Gasteiger partial charge in [-0.05, 0) is 19.3 Å². The molecule has 0 aliphatic carbocycles. The molecule has 3 aliphatic rings. The summed E-state index contributed by atoms with van der Waals surface area (Å²) in [5.41, 5.74) is -2.96. The first-order valence-electron chi connectivity index (χ1n) is 11.5. The number of hydrogen-bond acceptors (Lipinski definition) is 8. The first-order valence-corrected chi connectivity index (χ1v) is 14.0. The van der Waals surface area contributed by atoms with E-state index in [-0.39, 0.29) is 53.9 Å². The van der Waals surface area contributed by atoms with Gasteiger partial charge in [-0.25, -0.2) is 14.5 Å². The number of thioether (sulfide) groups is 1. The van der Waals surface area contributed by atoms with Crippen LogP contribution >= 0.6 is 11.8 Å². The molecular formula is C20H30N4O9S2. The van der Waals surface area contributed by atoms with Crippen molar-refractivity contribution in [2.24, 2.45) is 0 Å². The van der Waals surface area contributed by atoms with Gasteiger partial charge in [0.25, 0.3) is 10.1 Å². The Bertz CT molecular complexity index is 989. The zero-order chi connectivity index (χ0) is 26.0. The van der Waals surface area contributed by atoms with Crippen molar-refractivity contribution in [3.8, 4) is 0 Å². The van der Waals surface area contributed by atoms with E-state index in [1.54, 1.807) is 11.8 Å². The number of hydrogen-bond donors (Lipinski definition) is 5. The van der Waals surface area contributed by atoms with E-state index in [1.165, 1.54) is 6.92 Å². The maximum atomic E-state index is 12.8. The molecule has 0 radical (unpaired) electrons. The number of nitrogens with zero attached hydrogens (tertiary/aromatic N) is 1. The lowest BCUT2D eigenvalue weighted by Gasteiger charge is -2.41. The topological polar surface area (TPSA) is 199 Å². The third-order valence-electron chi connectivity index (χ3n) is 6.52. The molecule has 3 aliphatic heterocycles. The van der Waals surface area contributed by atoms with Gasteiger partial charge in [0.15, 0.2) is 0 Å². The molecule has 3 heterocycles. The number of nitrogens with one attached hydrogen (secondary N) is 3. The minimum Gasteiger partial charge on any atom is -0.478 e. The van der Waals surface area contributed by atoms with Gasteiger partial charge < -0.3 is 21.1 Å². The maximum Gasteiger partial charge on any atom is 0.352 e. The van der Waals surface area contributed by atoms with Crippen molar-refractivity contribution >= 4 is 51.6 Å². The highest BCUT2D eigenvalue weighted by Gasteiger charge is 2.61. The maximum absolute atomic E-state index is 12.8. The zero-order valence-corrected chi connectivity index (χ0v) is 20.8. The Kier molecular flexibility index (Phi) is 8.32. The quantitative estimate of drug-likeness (QED) is 0.0968. The number of rotatable bonds is 12. The first-order chi connectivity index (χ1) is 16.4. The number of aliphatic carboxylic acids is 1. The number of carboxylic acid groups (broad SMARTS) is 1. The van der Waals surface area contributed by atoms with Gasteiger partial charge in [-0.2, -0.15) is 20.2 Å². The lowest BCUT2D eigenvalue weighted by atomic mass is 9.98. The van der Waals surface area contributed by atoms with E-state index in [1.807, 2.05) is 0 Å². The number of unbranched alkanes of at least 4 members (excludes halogenated alkanes) is 1. The minimum absolute atomic E-state index is 0.00209. The van der Waals surface area contributed by atoms with Gasteiger partial charge in [-0.15, -0.1) is 0 Å². The fraction of sp³-hybridized carbons (Fsp3) is 0.750. The number of fused-ring (bicyclic) bond motifs is 1. The van der Waals surface area contributed by atoms with E-state index in [0.717, 1.165) is 5.75 Å². The van der Waals surface area contributed by atoms with Crippen molar-refractivity contribution in [3.05, 3.63) is 0 Å². The normalized spacial score (nSPS) is 26.6. The van der Waals surface area contributed by atoms with Crippen LogP contribution in [-0.2, 0) is 29.3 Å². The Morgan fingerprint density at radius 2 is 1.86 bits per heavy atom. The lowest BCUT2D eigenvalue weighted by Crippen LogP contribution is -2.74. The van der Waals surface area contributed by atoms with Crippen LogP contribution < -0.4 is 16.0 Å². The van der Waals surface area contributed by atoms with Crippen LogP contribution in [0.5, 0.6) is 0 Å². The van der Waals surface area contributed by atoms with Crippen LogP contribution in [0, 0.1) is 0 Å². The molecule has 13 nitrogen and oxygen atoms in total. The summed E-state index contributed by atoms with van der Waals surface area (Å²) in [6.07, 6.45) is 0.415. The number of carbonyl (C=O) groups excluding carboxylic acids is 4. The number of amides is 5. The average Bonchev–Trinajstić information content (AvgIpc) is 3.41. The molecule has 0 aromatic rings. The van der Waals surface area contributed by atoms with Crippen LogP contribution in [0.15, 0.2) is 0 Å². The van der Waals surface area contributed by atoms with Crippen molar-refractivity contribution in [2.75, 3.05) is 5.75 Å². The van der Waals surface area contributed by atoms with E-state index in [9.17, 15) is 42.0 Å². The molecule has 15 heteroatoms. The smallest absolute Gasteiger partial charge is 0.352 e. The van der Waals surface area contributed by atoms with Crippen LogP contribution in [0.2, 0.25) is 0 Å². The molecule has 196 valence electrons. The van der Waals surface area contributed by atoms with Crippen molar-refractivity contribution in [1.29, 1.82) is 0 Å². The van der Waals surface area contributed by atoms with Crippen molar-refractivity contribution < 1.29 is 42.0 Å². The Hall–Kier alpha value is -2.39. The summed E-state index contributed by atoms with van der Waals surface area (Å²) >= 11 is 1.71. The van der Waals surface area contributed by atoms with E-state index in [0.29, 0.717) is 19.3 Å². The molecule has 0 bridgehead atoms. The molecule has 3 saturated heterocycles. The van der Waals surface area contributed by atoms with Crippen molar-refractivity contribution in [2.45, 2.75) is 86.5 Å². The van der Waals surface area contributed by atoms with E-state index in [4.69, 9.17) is 0 Å². The molecule has 3 fully saturated rings. The molecule has 0 aromatic carbocycles. The minimum atomic E-state index is -5.09. The third-order valence-corrected chi connectivity index (χ3v) is 9.32. The summed E-state index contributed by atoms with van der Waals surface area (Å²) in [7, 11) is -5.09. The van der Waals surface area contributed by atoms with E-state index < -0.39 is 51.1 Å². The van der Waals surface area contributed by atoms with Crippen LogP contribution in [0.3, 0.4) is 0 Å². The molecule has 5 atom stereocenters. The van der Waals surface area contributed by atoms with Gasteiger partial charge in [0, 0.05) is 30.3 Å². The highest BCUT2D eigenvalue weighted by Crippen LogP contribution is 2.34. The molecule has 3 rings (SSSR count). The van der Waals surface area contributed by atoms with Crippen LogP contribution in [0.4, 0.5) is 4.79 Å². The van der Waals surface area contributed by atoms with Crippen LogP contribution in [0.1, 0.15) is 58.3 Å². The second kappa shape index (κ2) is 10.7. The second-order valence-electron chi connectivity index (χ2n) is 8.90. The summed E-state index contributed by atoms with van der Waals surface area (Å²) in [5, 5.41) is 15.9. The van der Waals surface area contributed by atoms with Crippen LogP contribution in [-0.4, -0.2) is 86.7 Å². The largest absolute Gasteiger partial charge is 0.478 e. The third kappa shape index (κ3) is 5.56. The second-order valence-corrected chi connectivity index (χ2v) is 11.8. The number of carboxylic acids is 1. The van der Waals surface area contributed by atoms with Gasteiger partial charge in [-0.3, -0.25) is 18.9 Å². The van der Waals surface area contributed by atoms with Gasteiger partial charge in [0.2, 0.25) is 23.4 Å². The predicted octanol–water partition coefficient (Wildman–Crippen LogP) is -0.185. The zero-order valence-electron chi connectivity index (χ0n) is 19.2. The Balaban J connectivity index is 1.72. The molecule has 35 heavy (non-hydrogen) atoms. The SMILES string of the molecule is CCCC(C(NC(=O)CCCC[C@@H]1SC[C@@H]2NC(=O)N[C@@H]21)(C(=O)O)N1C(=O)CCC1=O)S(=O)(=O)O. The molecule has 0 spiro atoms. The fourth-order valence-corrected chi connectivity index (χ4v) is 7.70. The number of urea groups is 1. The first kappa shape index (κ1) is 27.2. The van der Waals surface area contributed by atoms with Gasteiger partial charge >= 0.3 is 12.0 Å². The van der Waals surface area contributed by atoms with E-state index in [2.05, 4.69) is 16.0 Å². The van der Waals surface area contributed by atoms with E-state index >= 15 is 0 Å². The van der Waals surface area contributed by atoms with Crippen molar-refractivity contribution in [1.82, 2.24) is 20.9 Å². The summed E-state index contributed by atoms with van der Waals surface area (Å²) in [6, 6.07) is -0.151. The fourth-order valence-electron chi connectivity index (χ4n) is 4.92. The molecular weight excluding hydrogens is 504 g/mol. The summed E-state index contributed by atoms with van der Waals surface area (Å²) in [6.45, 7) is 1.54. The predicted molar refractivity (Wildman–Crippen MR) is 124 cm³/mol. The van der Waals surface area contributed by atoms with Gasteiger partial charge in [-0.1, -0.05) is 19.8 Å².